The molecule has 25 heavy (non-hydrogen) atoms. The predicted molar refractivity (Wildman–Crippen MR) is 93.9 cm³/mol. The van der Waals surface area contributed by atoms with Gasteiger partial charge in [0.25, 0.3) is 0 Å². The Bertz CT molecular complexity index is 730. The number of ether oxygens (including phenoxy) is 1. The number of para-hydroxylation sites is 2. The van der Waals surface area contributed by atoms with Gasteiger partial charge in [-0.2, -0.15) is 0 Å². The van der Waals surface area contributed by atoms with E-state index in [4.69, 9.17) is 4.74 Å². The summed E-state index contributed by atoms with van der Waals surface area (Å²) >= 11 is 0. The third kappa shape index (κ3) is 5.91. The van der Waals surface area contributed by atoms with Crippen molar-refractivity contribution < 1.29 is 18.7 Å². The van der Waals surface area contributed by atoms with Crippen LogP contribution >= 0.6 is 0 Å². The van der Waals surface area contributed by atoms with Crippen molar-refractivity contribution in [3.8, 4) is 5.75 Å². The van der Waals surface area contributed by atoms with Gasteiger partial charge in [0.05, 0.1) is 11.8 Å². The van der Waals surface area contributed by atoms with Gasteiger partial charge in [0.1, 0.15) is 11.6 Å². The normalized spacial score (nSPS) is 10.4. The number of amides is 2. The second kappa shape index (κ2) is 8.82. The number of carbonyl (C=O) groups is 2. The van der Waals surface area contributed by atoms with Gasteiger partial charge in [0, 0.05) is 6.54 Å². The first-order valence-electron chi connectivity index (χ1n) is 8.05. The van der Waals surface area contributed by atoms with Crippen LogP contribution in [0, 0.1) is 5.82 Å². The molecule has 2 aromatic carbocycles. The van der Waals surface area contributed by atoms with Crippen molar-refractivity contribution in [3.63, 3.8) is 0 Å². The van der Waals surface area contributed by atoms with Crippen LogP contribution in [0.15, 0.2) is 48.5 Å². The van der Waals surface area contributed by atoms with Crippen LogP contribution in [0.2, 0.25) is 0 Å². The second-order valence-corrected chi connectivity index (χ2v) is 5.75. The van der Waals surface area contributed by atoms with Gasteiger partial charge in [-0.05, 0) is 50.1 Å². The monoisotopic (exact) mass is 344 g/mol. The van der Waals surface area contributed by atoms with E-state index in [2.05, 4.69) is 10.6 Å². The zero-order valence-electron chi connectivity index (χ0n) is 14.2. The molecule has 0 spiro atoms. The average molecular weight is 344 g/mol. The number of benzene rings is 2. The molecule has 2 N–H and O–H groups in total. The number of halogens is 1. The van der Waals surface area contributed by atoms with Crippen molar-refractivity contribution in [2.24, 2.45) is 0 Å². The van der Waals surface area contributed by atoms with E-state index in [0.29, 0.717) is 17.9 Å². The molecule has 0 aromatic heterocycles. The van der Waals surface area contributed by atoms with E-state index in [0.717, 1.165) is 5.56 Å². The van der Waals surface area contributed by atoms with Crippen molar-refractivity contribution in [2.75, 3.05) is 11.9 Å². The molecule has 0 aliphatic heterocycles. The fraction of sp³-hybridized carbons (Fsp3) is 0.263. The molecule has 0 heterocycles. The largest absolute Gasteiger partial charge is 0.489 e. The molecule has 0 bridgehead atoms. The molecule has 0 radical (unpaired) electrons. The molecule has 2 rings (SSSR count). The quantitative estimate of drug-likeness (QED) is 0.792. The van der Waals surface area contributed by atoms with Gasteiger partial charge >= 0.3 is 11.8 Å². The number of hydrogen-bond acceptors (Lipinski definition) is 3. The highest BCUT2D eigenvalue weighted by Gasteiger charge is 2.15. The topological polar surface area (TPSA) is 67.4 Å². The molecule has 0 unspecified atom stereocenters. The van der Waals surface area contributed by atoms with Gasteiger partial charge in [-0.3, -0.25) is 9.59 Å². The lowest BCUT2D eigenvalue weighted by Crippen LogP contribution is -2.36. The van der Waals surface area contributed by atoms with Gasteiger partial charge in [0.15, 0.2) is 0 Å². The van der Waals surface area contributed by atoms with Crippen molar-refractivity contribution in [2.45, 2.75) is 26.4 Å². The molecule has 0 atom stereocenters. The van der Waals surface area contributed by atoms with Gasteiger partial charge in [0.2, 0.25) is 0 Å². The molecule has 6 heteroatoms. The molecular formula is C19H21FN2O3. The van der Waals surface area contributed by atoms with Crippen LogP contribution in [0.25, 0.3) is 0 Å². The Labute approximate surface area is 146 Å². The van der Waals surface area contributed by atoms with Gasteiger partial charge in [-0.25, -0.2) is 4.39 Å². The summed E-state index contributed by atoms with van der Waals surface area (Å²) in [7, 11) is 0. The maximum atomic E-state index is 12.8. The van der Waals surface area contributed by atoms with E-state index < -0.39 is 11.8 Å². The maximum Gasteiger partial charge on any atom is 0.313 e. The minimum absolute atomic E-state index is 0.0532. The first-order valence-corrected chi connectivity index (χ1v) is 8.05. The summed E-state index contributed by atoms with van der Waals surface area (Å²) in [6, 6.07) is 12.9. The Morgan fingerprint density at radius 3 is 2.40 bits per heavy atom. The van der Waals surface area contributed by atoms with Crippen molar-refractivity contribution >= 4 is 17.5 Å². The van der Waals surface area contributed by atoms with Gasteiger partial charge in [-0.1, -0.05) is 24.3 Å². The Hall–Kier alpha value is -2.89. The smallest absolute Gasteiger partial charge is 0.313 e. The molecule has 0 saturated carbocycles. The van der Waals surface area contributed by atoms with Crippen LogP contribution < -0.4 is 15.4 Å². The first-order chi connectivity index (χ1) is 12.0. The third-order valence-electron chi connectivity index (χ3n) is 3.32. The summed E-state index contributed by atoms with van der Waals surface area (Å²) in [6.45, 7) is 4.03. The maximum absolute atomic E-state index is 12.8. The number of anilines is 1. The van der Waals surface area contributed by atoms with E-state index >= 15 is 0 Å². The Morgan fingerprint density at radius 1 is 1.04 bits per heavy atom. The lowest BCUT2D eigenvalue weighted by Gasteiger charge is -2.14. The zero-order chi connectivity index (χ0) is 18.2. The van der Waals surface area contributed by atoms with E-state index in [1.54, 1.807) is 36.4 Å². The number of rotatable bonds is 6. The second-order valence-electron chi connectivity index (χ2n) is 5.75. The van der Waals surface area contributed by atoms with Crippen LogP contribution in [0.1, 0.15) is 19.4 Å². The van der Waals surface area contributed by atoms with Crippen LogP contribution in [0.4, 0.5) is 10.1 Å². The SMILES string of the molecule is CC(C)Oc1ccccc1NC(=O)C(=O)NCCc1ccc(F)cc1. The number of nitrogens with one attached hydrogen (secondary N) is 2. The van der Waals surface area contributed by atoms with Crippen LogP contribution in [0.5, 0.6) is 5.75 Å². The highest BCUT2D eigenvalue weighted by molar-refractivity contribution is 6.39. The summed E-state index contributed by atoms with van der Waals surface area (Å²) in [6.07, 6.45) is 0.453. The van der Waals surface area contributed by atoms with E-state index in [9.17, 15) is 14.0 Å². The standard InChI is InChI=1S/C19H21FN2O3/c1-13(2)25-17-6-4-3-5-16(17)22-19(24)18(23)21-12-11-14-7-9-15(20)10-8-14/h3-10,13H,11-12H2,1-2H3,(H,21,23)(H,22,24). The minimum atomic E-state index is -0.765. The molecule has 0 aliphatic rings. The Kier molecular flexibility index (Phi) is 6.51. The Morgan fingerprint density at radius 2 is 1.72 bits per heavy atom. The van der Waals surface area contributed by atoms with Gasteiger partial charge < -0.3 is 15.4 Å². The number of carbonyl (C=O) groups excluding carboxylic acids is 2. The van der Waals surface area contributed by atoms with Crippen LogP contribution in [-0.2, 0) is 16.0 Å². The lowest BCUT2D eigenvalue weighted by atomic mass is 10.1. The zero-order valence-corrected chi connectivity index (χ0v) is 14.2. The summed E-state index contributed by atoms with van der Waals surface area (Å²) in [4.78, 5) is 23.9. The predicted octanol–water partition coefficient (Wildman–Crippen LogP) is 2.91. The van der Waals surface area contributed by atoms with E-state index in [1.165, 1.54) is 12.1 Å². The Balaban J connectivity index is 1.86. The highest BCUT2D eigenvalue weighted by atomic mass is 19.1. The molecular weight excluding hydrogens is 323 g/mol. The van der Waals surface area contributed by atoms with Crippen LogP contribution in [-0.4, -0.2) is 24.5 Å². The fourth-order valence-electron chi connectivity index (χ4n) is 2.16. The molecule has 0 fully saturated rings. The molecule has 132 valence electrons. The van der Waals surface area contributed by atoms with Gasteiger partial charge in [-0.15, -0.1) is 0 Å². The minimum Gasteiger partial charge on any atom is -0.489 e. The van der Waals surface area contributed by atoms with Crippen LogP contribution in [0.3, 0.4) is 0 Å². The summed E-state index contributed by atoms with van der Waals surface area (Å²) in [5, 5.41) is 5.09. The van der Waals surface area contributed by atoms with E-state index in [1.807, 2.05) is 13.8 Å². The van der Waals surface area contributed by atoms with Crippen molar-refractivity contribution in [1.82, 2.24) is 5.32 Å². The van der Waals surface area contributed by atoms with Crippen molar-refractivity contribution in [3.05, 3.63) is 59.9 Å². The third-order valence-corrected chi connectivity index (χ3v) is 3.32. The summed E-state index contributed by atoms with van der Waals surface area (Å²) in [5.74, 6) is -1.31. The van der Waals surface area contributed by atoms with E-state index in [-0.39, 0.29) is 18.5 Å². The fourth-order valence-corrected chi connectivity index (χ4v) is 2.16. The summed E-state index contributed by atoms with van der Waals surface area (Å²) in [5.41, 5.74) is 1.31. The molecule has 0 aliphatic carbocycles. The highest BCUT2D eigenvalue weighted by Crippen LogP contribution is 2.24. The average Bonchev–Trinajstić information content (AvgIpc) is 2.58. The molecule has 2 aromatic rings. The number of hydrogen-bond donors (Lipinski definition) is 2. The first kappa shape index (κ1) is 18.4. The molecule has 5 nitrogen and oxygen atoms in total. The molecule has 0 saturated heterocycles. The summed E-state index contributed by atoms with van der Waals surface area (Å²) < 4.78 is 18.4. The lowest BCUT2D eigenvalue weighted by molar-refractivity contribution is -0.136. The molecule has 2 amide bonds. The van der Waals surface area contributed by atoms with Crippen molar-refractivity contribution in [1.29, 1.82) is 0 Å².